The Hall–Kier alpha value is -0.920. The van der Waals surface area contributed by atoms with Crippen LogP contribution in [0.5, 0.6) is 0 Å². The third-order valence-electron chi connectivity index (χ3n) is 4.88. The van der Waals surface area contributed by atoms with E-state index in [9.17, 15) is 0 Å². The molecule has 0 bridgehead atoms. The van der Waals surface area contributed by atoms with E-state index in [0.29, 0.717) is 0 Å². The summed E-state index contributed by atoms with van der Waals surface area (Å²) < 4.78 is 0. The molecule has 0 atom stereocenters. The molecule has 1 aromatic rings. The molecule has 0 aliphatic heterocycles. The van der Waals surface area contributed by atoms with Crippen LogP contribution in [0.4, 0.5) is 0 Å². The van der Waals surface area contributed by atoms with E-state index in [2.05, 4.69) is 37.1 Å². The summed E-state index contributed by atoms with van der Waals surface area (Å²) in [5.74, 6) is 0. The quantitative estimate of drug-likeness (QED) is 0.336. The lowest BCUT2D eigenvalue weighted by atomic mass is 9.97. The summed E-state index contributed by atoms with van der Waals surface area (Å²) in [6.07, 6.45) is 22.0. The minimum absolute atomic E-state index is 1.12. The van der Waals surface area contributed by atoms with Crippen molar-refractivity contribution < 1.29 is 0 Å². The Morgan fingerprint density at radius 1 is 0.542 bits per heavy atom. The maximum Gasteiger partial charge on any atom is 0.198 e. The van der Waals surface area contributed by atoms with E-state index in [-0.39, 0.29) is 0 Å². The molecule has 0 fully saturated rings. The van der Waals surface area contributed by atoms with Crippen LogP contribution in [0.15, 0.2) is 0 Å². The molecule has 1 rings (SSSR count). The van der Waals surface area contributed by atoms with Crippen LogP contribution in [0.1, 0.15) is 115 Å². The second-order valence-corrected chi connectivity index (χ2v) is 7.13. The number of aryl methyl sites for hydroxylation is 2. The number of rotatable bonds is 15. The zero-order valence-corrected chi connectivity index (χ0v) is 16.5. The van der Waals surface area contributed by atoms with Gasteiger partial charge in [0, 0.05) is 11.4 Å². The molecule has 0 aliphatic carbocycles. The highest BCUT2D eigenvalue weighted by molar-refractivity contribution is 5.25. The lowest BCUT2D eigenvalue weighted by Crippen LogP contribution is -2.07. The largest absolute Gasteiger partial charge is 0.230 e. The fourth-order valence-electron chi connectivity index (χ4n) is 3.32. The van der Waals surface area contributed by atoms with E-state index in [1.54, 1.807) is 0 Å². The molecule has 1 aromatic heterocycles. The average molecular weight is 332 g/mol. The van der Waals surface area contributed by atoms with Gasteiger partial charge in [-0.25, -0.2) is 9.97 Å². The van der Waals surface area contributed by atoms with Crippen LogP contribution in [0.2, 0.25) is 0 Å². The van der Waals surface area contributed by atoms with Crippen molar-refractivity contribution in [3.8, 4) is 0 Å². The molecular formula is C22H39N2. The van der Waals surface area contributed by atoms with Gasteiger partial charge in [-0.15, -0.1) is 0 Å². The van der Waals surface area contributed by atoms with Crippen molar-refractivity contribution in [1.82, 2.24) is 9.97 Å². The minimum Gasteiger partial charge on any atom is -0.230 e. The van der Waals surface area contributed by atoms with Gasteiger partial charge in [-0.2, -0.15) is 0 Å². The lowest BCUT2D eigenvalue weighted by Gasteiger charge is -2.13. The fourth-order valence-corrected chi connectivity index (χ4v) is 3.32. The van der Waals surface area contributed by atoms with Gasteiger partial charge in [0.15, 0.2) is 6.33 Å². The first kappa shape index (κ1) is 21.1. The van der Waals surface area contributed by atoms with Gasteiger partial charge < -0.3 is 0 Å². The van der Waals surface area contributed by atoms with Crippen LogP contribution in [-0.2, 0) is 19.3 Å². The first-order valence-electron chi connectivity index (χ1n) is 10.6. The van der Waals surface area contributed by atoms with E-state index >= 15 is 0 Å². The van der Waals surface area contributed by atoms with E-state index in [1.807, 2.05) is 0 Å². The van der Waals surface area contributed by atoms with E-state index in [1.165, 1.54) is 100 Å². The van der Waals surface area contributed by atoms with Crippen molar-refractivity contribution in [2.75, 3.05) is 0 Å². The predicted octanol–water partition coefficient (Wildman–Crippen LogP) is 6.65. The van der Waals surface area contributed by atoms with Gasteiger partial charge in [0.1, 0.15) is 0 Å². The van der Waals surface area contributed by atoms with Crippen LogP contribution >= 0.6 is 0 Å². The van der Waals surface area contributed by atoms with Crippen molar-refractivity contribution in [3.63, 3.8) is 0 Å². The number of nitrogens with zero attached hydrogens (tertiary/aromatic N) is 2. The van der Waals surface area contributed by atoms with Crippen LogP contribution in [0.25, 0.3) is 0 Å². The molecule has 1 radical (unpaired) electrons. The topological polar surface area (TPSA) is 25.8 Å². The summed E-state index contributed by atoms with van der Waals surface area (Å²) in [6, 6.07) is 0. The Labute approximate surface area is 150 Å². The average Bonchev–Trinajstić information content (AvgIpc) is 2.60. The Bertz CT molecular complexity index is 384. The monoisotopic (exact) mass is 331 g/mol. The molecule has 0 aromatic carbocycles. The van der Waals surface area contributed by atoms with E-state index in [0.717, 1.165) is 12.8 Å². The van der Waals surface area contributed by atoms with Crippen molar-refractivity contribution in [2.45, 2.75) is 117 Å². The summed E-state index contributed by atoms with van der Waals surface area (Å²) >= 11 is 0. The van der Waals surface area contributed by atoms with Crippen LogP contribution in [0.3, 0.4) is 0 Å². The molecule has 0 aliphatic rings. The smallest absolute Gasteiger partial charge is 0.198 e. The van der Waals surface area contributed by atoms with Crippen molar-refractivity contribution in [3.05, 3.63) is 23.3 Å². The summed E-state index contributed by atoms with van der Waals surface area (Å²) in [6.45, 7) is 6.82. The van der Waals surface area contributed by atoms with Gasteiger partial charge in [-0.1, -0.05) is 78.6 Å². The zero-order valence-electron chi connectivity index (χ0n) is 16.5. The Morgan fingerprint density at radius 2 is 0.958 bits per heavy atom. The third kappa shape index (κ3) is 8.80. The van der Waals surface area contributed by atoms with E-state index in [4.69, 9.17) is 0 Å². The molecule has 0 saturated carbocycles. The number of hydrogen-bond acceptors (Lipinski definition) is 2. The summed E-state index contributed by atoms with van der Waals surface area (Å²) in [7, 11) is 0. The van der Waals surface area contributed by atoms with Gasteiger partial charge in [-0.05, 0) is 44.1 Å². The molecule has 0 amide bonds. The fraction of sp³-hybridized carbons (Fsp3) is 0.818. The number of aromatic nitrogens is 2. The minimum atomic E-state index is 1.12. The molecule has 137 valence electrons. The molecular weight excluding hydrogens is 292 g/mol. The molecule has 0 unspecified atom stereocenters. The molecule has 2 heteroatoms. The Kier molecular flexibility index (Phi) is 12.7. The van der Waals surface area contributed by atoms with Crippen LogP contribution in [-0.4, -0.2) is 9.97 Å². The molecule has 0 saturated heterocycles. The maximum atomic E-state index is 4.54. The zero-order chi connectivity index (χ0) is 17.5. The SMILES string of the molecule is CCCCCCc1n[c]nc(CCCCCC)c1CCCCCC. The number of hydrogen-bond donors (Lipinski definition) is 0. The summed E-state index contributed by atoms with van der Waals surface area (Å²) in [5.41, 5.74) is 4.06. The van der Waals surface area contributed by atoms with Gasteiger partial charge in [0.25, 0.3) is 0 Å². The number of unbranched alkanes of at least 4 members (excludes halogenated alkanes) is 9. The van der Waals surface area contributed by atoms with E-state index < -0.39 is 0 Å². The predicted molar refractivity (Wildman–Crippen MR) is 104 cm³/mol. The van der Waals surface area contributed by atoms with Crippen LogP contribution in [0, 0.1) is 6.33 Å². The highest BCUT2D eigenvalue weighted by Gasteiger charge is 2.11. The highest BCUT2D eigenvalue weighted by Crippen LogP contribution is 2.19. The maximum absolute atomic E-state index is 4.54. The van der Waals surface area contributed by atoms with Gasteiger partial charge in [-0.3, -0.25) is 0 Å². The van der Waals surface area contributed by atoms with Gasteiger partial charge >= 0.3 is 0 Å². The lowest BCUT2D eigenvalue weighted by molar-refractivity contribution is 0.625. The Balaban J connectivity index is 2.67. The summed E-state index contributed by atoms with van der Waals surface area (Å²) in [4.78, 5) is 9.09. The highest BCUT2D eigenvalue weighted by atomic mass is 14.8. The molecule has 1 heterocycles. The van der Waals surface area contributed by atoms with Gasteiger partial charge in [0.05, 0.1) is 0 Å². The van der Waals surface area contributed by atoms with Crippen molar-refractivity contribution in [1.29, 1.82) is 0 Å². The molecule has 24 heavy (non-hydrogen) atoms. The van der Waals surface area contributed by atoms with Crippen molar-refractivity contribution >= 4 is 0 Å². The van der Waals surface area contributed by atoms with Gasteiger partial charge in [0.2, 0.25) is 0 Å². The van der Waals surface area contributed by atoms with Crippen molar-refractivity contribution in [2.24, 2.45) is 0 Å². The molecule has 0 N–H and O–H groups in total. The second kappa shape index (κ2) is 14.4. The third-order valence-corrected chi connectivity index (χ3v) is 4.88. The first-order valence-corrected chi connectivity index (χ1v) is 10.6. The molecule has 0 spiro atoms. The second-order valence-electron chi connectivity index (χ2n) is 7.13. The van der Waals surface area contributed by atoms with Crippen LogP contribution < -0.4 is 0 Å². The normalized spacial score (nSPS) is 11.1. The Morgan fingerprint density at radius 3 is 1.38 bits per heavy atom. The standard InChI is InChI=1S/C22H39N2/c1-4-7-10-13-16-20-21(17-14-11-8-5-2)23-19-24-22(20)18-15-12-9-6-3/h4-18H2,1-3H3. The first-order chi connectivity index (χ1) is 11.8. The molecule has 2 nitrogen and oxygen atoms in total. The summed E-state index contributed by atoms with van der Waals surface area (Å²) in [5, 5.41) is 0.